The summed E-state index contributed by atoms with van der Waals surface area (Å²) in [4.78, 5) is 0. The van der Waals surface area contributed by atoms with Gasteiger partial charge in [0.15, 0.2) is 0 Å². The summed E-state index contributed by atoms with van der Waals surface area (Å²) in [5.41, 5.74) is 4.81. The number of hydrogen-bond acceptors (Lipinski definition) is 0. The molecule has 0 aliphatic heterocycles. The summed E-state index contributed by atoms with van der Waals surface area (Å²) in [6, 6.07) is 7.08. The third-order valence-corrected chi connectivity index (χ3v) is 2.94. The van der Waals surface area contributed by atoms with Gasteiger partial charge in [-0.1, -0.05) is 18.2 Å². The molecule has 0 N–H and O–H groups in total. The van der Waals surface area contributed by atoms with E-state index in [4.69, 9.17) is 0 Å². The first-order valence-corrected chi connectivity index (χ1v) is 4.55. The third kappa shape index (κ3) is 0.819. The van der Waals surface area contributed by atoms with Crippen LogP contribution in [0.25, 0.3) is 0 Å². The lowest BCUT2D eigenvalue weighted by atomic mass is 9.86. The molecular formula is C11H12. The molecule has 0 bridgehead atoms. The van der Waals surface area contributed by atoms with Crippen LogP contribution < -0.4 is 0 Å². The van der Waals surface area contributed by atoms with E-state index in [0.717, 1.165) is 5.92 Å². The van der Waals surface area contributed by atoms with E-state index in [-0.39, 0.29) is 0 Å². The maximum atomic E-state index is 2.43. The molecule has 3 rings (SSSR count). The molecule has 11 heavy (non-hydrogen) atoms. The highest BCUT2D eigenvalue weighted by molar-refractivity contribution is 5.40. The van der Waals surface area contributed by atoms with Crippen molar-refractivity contribution in [3.8, 4) is 0 Å². The van der Waals surface area contributed by atoms with E-state index in [1.807, 2.05) is 0 Å². The zero-order chi connectivity index (χ0) is 7.26. The Labute approximate surface area is 67.2 Å². The molecule has 1 aromatic rings. The number of hydrogen-bond donors (Lipinski definition) is 0. The fourth-order valence-corrected chi connectivity index (χ4v) is 1.89. The summed E-state index contributed by atoms with van der Waals surface area (Å²) >= 11 is 0. The minimum Gasteiger partial charge on any atom is -0.0585 e. The normalized spacial score (nSPS) is 20.7. The van der Waals surface area contributed by atoms with Crippen molar-refractivity contribution in [3.63, 3.8) is 0 Å². The molecule has 0 nitrogen and oxygen atoms in total. The lowest BCUT2D eigenvalue weighted by Gasteiger charge is -2.19. The lowest BCUT2D eigenvalue weighted by Crippen LogP contribution is -2.07. The molecule has 2 aliphatic carbocycles. The van der Waals surface area contributed by atoms with Crippen LogP contribution in [0.5, 0.6) is 0 Å². The van der Waals surface area contributed by atoms with E-state index in [2.05, 4.69) is 18.2 Å². The monoisotopic (exact) mass is 144 g/mol. The molecule has 0 unspecified atom stereocenters. The molecule has 0 spiro atoms. The molecular weight excluding hydrogens is 132 g/mol. The van der Waals surface area contributed by atoms with Gasteiger partial charge >= 0.3 is 0 Å². The Bertz CT molecular complexity index is 295. The fraction of sp³-hybridized carbons (Fsp3) is 0.455. The molecule has 1 saturated carbocycles. The standard InChI is InChI=1S/C11H12/c1-2-8(1)10-5-3-9-4-6-11(9)7-10/h3,5,7-8H,1-2,4,6H2. The Balaban J connectivity index is 2.05. The molecule has 0 heterocycles. The van der Waals surface area contributed by atoms with Crippen molar-refractivity contribution >= 4 is 0 Å². The zero-order valence-electron chi connectivity index (χ0n) is 6.64. The quantitative estimate of drug-likeness (QED) is 0.568. The first kappa shape index (κ1) is 5.82. The minimum absolute atomic E-state index is 0.931. The smallest absolute Gasteiger partial charge is 0.0161 e. The second-order valence-corrected chi connectivity index (χ2v) is 3.80. The Hall–Kier alpha value is -0.780. The van der Waals surface area contributed by atoms with E-state index in [1.54, 1.807) is 16.7 Å². The van der Waals surface area contributed by atoms with Crippen LogP contribution >= 0.6 is 0 Å². The molecule has 0 heteroatoms. The Kier molecular flexibility index (Phi) is 0.993. The van der Waals surface area contributed by atoms with Gasteiger partial charge in [0, 0.05) is 0 Å². The van der Waals surface area contributed by atoms with Crippen molar-refractivity contribution in [2.45, 2.75) is 31.6 Å². The van der Waals surface area contributed by atoms with Crippen LogP contribution in [0.15, 0.2) is 18.2 Å². The van der Waals surface area contributed by atoms with E-state index < -0.39 is 0 Å². The Morgan fingerprint density at radius 1 is 1.00 bits per heavy atom. The fourth-order valence-electron chi connectivity index (χ4n) is 1.89. The Morgan fingerprint density at radius 2 is 1.82 bits per heavy atom. The first-order chi connectivity index (χ1) is 5.43. The van der Waals surface area contributed by atoms with Crippen LogP contribution in [-0.4, -0.2) is 0 Å². The predicted molar refractivity (Wildman–Crippen MR) is 45.8 cm³/mol. The molecule has 0 aromatic heterocycles. The Morgan fingerprint density at radius 3 is 2.36 bits per heavy atom. The molecule has 0 radical (unpaired) electrons. The zero-order valence-corrected chi connectivity index (χ0v) is 6.64. The van der Waals surface area contributed by atoms with Crippen LogP contribution in [0.2, 0.25) is 0 Å². The van der Waals surface area contributed by atoms with Crippen molar-refractivity contribution in [2.24, 2.45) is 0 Å². The molecule has 56 valence electrons. The highest BCUT2D eigenvalue weighted by Gasteiger charge is 2.25. The van der Waals surface area contributed by atoms with Crippen molar-refractivity contribution in [1.82, 2.24) is 0 Å². The largest absolute Gasteiger partial charge is 0.0585 e. The summed E-state index contributed by atoms with van der Waals surface area (Å²) in [5.74, 6) is 0.931. The SMILES string of the molecule is c1cc2c(cc1C1CC1)CC2. The summed E-state index contributed by atoms with van der Waals surface area (Å²) in [5, 5.41) is 0. The van der Waals surface area contributed by atoms with Gasteiger partial charge in [-0.2, -0.15) is 0 Å². The van der Waals surface area contributed by atoms with Crippen LogP contribution in [0, 0.1) is 0 Å². The van der Waals surface area contributed by atoms with Gasteiger partial charge in [-0.3, -0.25) is 0 Å². The molecule has 0 atom stereocenters. The van der Waals surface area contributed by atoms with E-state index in [0.29, 0.717) is 0 Å². The van der Waals surface area contributed by atoms with E-state index in [1.165, 1.54) is 25.7 Å². The molecule has 0 amide bonds. The van der Waals surface area contributed by atoms with Crippen LogP contribution in [0.4, 0.5) is 0 Å². The highest BCUT2D eigenvalue weighted by Crippen LogP contribution is 2.41. The highest BCUT2D eigenvalue weighted by atomic mass is 14.3. The number of fused-ring (bicyclic) bond motifs is 1. The van der Waals surface area contributed by atoms with Gasteiger partial charge in [0.05, 0.1) is 0 Å². The van der Waals surface area contributed by atoms with Gasteiger partial charge in [-0.05, 0) is 48.3 Å². The third-order valence-electron chi connectivity index (χ3n) is 2.94. The summed E-state index contributed by atoms with van der Waals surface area (Å²) in [6.07, 6.45) is 5.51. The van der Waals surface area contributed by atoms with Gasteiger partial charge in [0.25, 0.3) is 0 Å². The van der Waals surface area contributed by atoms with Crippen LogP contribution in [-0.2, 0) is 12.8 Å². The number of rotatable bonds is 1. The van der Waals surface area contributed by atoms with Crippen molar-refractivity contribution in [3.05, 3.63) is 34.9 Å². The average Bonchev–Trinajstić information content (AvgIpc) is 2.74. The molecule has 2 aliphatic rings. The van der Waals surface area contributed by atoms with Crippen molar-refractivity contribution in [1.29, 1.82) is 0 Å². The maximum Gasteiger partial charge on any atom is -0.0161 e. The predicted octanol–water partition coefficient (Wildman–Crippen LogP) is 2.66. The number of aryl methyl sites for hydroxylation is 2. The summed E-state index contributed by atoms with van der Waals surface area (Å²) < 4.78 is 0. The van der Waals surface area contributed by atoms with E-state index >= 15 is 0 Å². The summed E-state index contributed by atoms with van der Waals surface area (Å²) in [6.45, 7) is 0. The summed E-state index contributed by atoms with van der Waals surface area (Å²) in [7, 11) is 0. The van der Waals surface area contributed by atoms with E-state index in [9.17, 15) is 0 Å². The van der Waals surface area contributed by atoms with Gasteiger partial charge in [0.2, 0.25) is 0 Å². The van der Waals surface area contributed by atoms with Gasteiger partial charge < -0.3 is 0 Å². The lowest BCUT2D eigenvalue weighted by molar-refractivity contribution is 0.832. The topological polar surface area (TPSA) is 0 Å². The molecule has 1 aromatic carbocycles. The van der Waals surface area contributed by atoms with Crippen molar-refractivity contribution < 1.29 is 0 Å². The second kappa shape index (κ2) is 1.88. The average molecular weight is 144 g/mol. The van der Waals surface area contributed by atoms with Gasteiger partial charge in [-0.15, -0.1) is 0 Å². The van der Waals surface area contributed by atoms with Gasteiger partial charge in [-0.25, -0.2) is 0 Å². The van der Waals surface area contributed by atoms with Gasteiger partial charge in [0.1, 0.15) is 0 Å². The number of benzene rings is 1. The maximum absolute atomic E-state index is 2.43. The first-order valence-electron chi connectivity index (χ1n) is 4.55. The van der Waals surface area contributed by atoms with Crippen LogP contribution in [0.3, 0.4) is 0 Å². The molecule has 0 saturated heterocycles. The molecule has 1 fully saturated rings. The second-order valence-electron chi connectivity index (χ2n) is 3.80. The van der Waals surface area contributed by atoms with Crippen LogP contribution in [0.1, 0.15) is 35.4 Å². The minimum atomic E-state index is 0.931. The van der Waals surface area contributed by atoms with Crippen molar-refractivity contribution in [2.75, 3.05) is 0 Å².